The van der Waals surface area contributed by atoms with Gasteiger partial charge >= 0.3 is 0 Å². The van der Waals surface area contributed by atoms with E-state index in [1.165, 1.54) is 18.2 Å². The Morgan fingerprint density at radius 2 is 2.27 bits per heavy atom. The maximum absolute atomic E-state index is 13.3. The van der Waals surface area contributed by atoms with Crippen LogP contribution in [0.2, 0.25) is 0 Å². The van der Waals surface area contributed by atoms with Crippen molar-refractivity contribution in [1.82, 2.24) is 10.3 Å². The lowest BCUT2D eigenvalue weighted by molar-refractivity contribution is 0.305. The van der Waals surface area contributed by atoms with Crippen LogP contribution in [0.25, 0.3) is 0 Å². The van der Waals surface area contributed by atoms with Crippen molar-refractivity contribution in [3.8, 4) is 0 Å². The lowest BCUT2D eigenvalue weighted by Gasteiger charge is -2.13. The summed E-state index contributed by atoms with van der Waals surface area (Å²) in [6.07, 6.45) is 0.275. The Hall–Kier alpha value is -1.97. The molecule has 0 saturated heterocycles. The van der Waals surface area contributed by atoms with E-state index in [-0.39, 0.29) is 34.5 Å². The fraction of sp³-hybridized carbons (Fsp3) is 0.357. The van der Waals surface area contributed by atoms with Crippen LogP contribution in [0.3, 0.4) is 0 Å². The number of benzene rings is 1. The van der Waals surface area contributed by atoms with Crippen molar-refractivity contribution in [2.45, 2.75) is 6.92 Å². The van der Waals surface area contributed by atoms with Gasteiger partial charge in [0.1, 0.15) is 5.82 Å². The Balaban J connectivity index is 2.07. The second-order valence-corrected chi connectivity index (χ2v) is 8.83. The van der Waals surface area contributed by atoms with E-state index in [1.54, 1.807) is 13.6 Å². The predicted octanol–water partition coefficient (Wildman–Crippen LogP) is 3.58. The molecule has 0 fully saturated rings. The summed E-state index contributed by atoms with van der Waals surface area (Å²) >= 11 is 3.07. The number of aromatic nitrogens is 2. The van der Waals surface area contributed by atoms with E-state index < -0.39 is 13.2 Å². The molecule has 0 amide bonds. The smallest absolute Gasteiger partial charge is 0.203 e. The van der Waals surface area contributed by atoms with Gasteiger partial charge in [-0.2, -0.15) is 0 Å². The summed E-state index contributed by atoms with van der Waals surface area (Å²) in [5, 5.41) is 25.5. The quantitative estimate of drug-likeness (QED) is 0.184. The van der Waals surface area contributed by atoms with Crippen LogP contribution in [0.15, 0.2) is 32.5 Å². The van der Waals surface area contributed by atoms with E-state index in [9.17, 15) is 14.2 Å². The van der Waals surface area contributed by atoms with Crippen molar-refractivity contribution in [1.29, 1.82) is 0 Å². The van der Waals surface area contributed by atoms with Crippen LogP contribution in [0.1, 0.15) is 12.6 Å². The predicted molar refractivity (Wildman–Crippen MR) is 98.9 cm³/mol. The number of anilines is 2. The minimum absolute atomic E-state index is 0.0586. The topological polar surface area (TPSA) is 122 Å². The highest BCUT2D eigenvalue weighted by Gasteiger charge is 2.20. The monoisotopic (exact) mass is 449 g/mol. The highest BCUT2D eigenvalue weighted by molar-refractivity contribution is 9.10. The molecule has 0 aliphatic heterocycles. The fourth-order valence-corrected chi connectivity index (χ4v) is 3.59. The first-order valence-corrected chi connectivity index (χ1v) is 10.6. The molecule has 142 valence electrons. The summed E-state index contributed by atoms with van der Waals surface area (Å²) in [5.74, 6) is -0.290. The van der Waals surface area contributed by atoms with Gasteiger partial charge in [-0.05, 0) is 51.4 Å². The van der Waals surface area contributed by atoms with Crippen LogP contribution in [0.5, 0.6) is 0 Å². The molecule has 12 heteroatoms. The van der Waals surface area contributed by atoms with Crippen molar-refractivity contribution >= 4 is 40.6 Å². The van der Waals surface area contributed by atoms with E-state index >= 15 is 0 Å². The molecule has 3 N–H and O–H groups in total. The average molecular weight is 450 g/mol. The summed E-state index contributed by atoms with van der Waals surface area (Å²) in [5.41, 5.74) is 0.560. The number of amidine groups is 1. The third kappa shape index (κ3) is 5.52. The number of halogens is 2. The molecule has 2 aromatic rings. The molecule has 0 aliphatic rings. The summed E-state index contributed by atoms with van der Waals surface area (Å²) in [7, 11) is -2.70. The Kier molecular flexibility index (Phi) is 7.13. The van der Waals surface area contributed by atoms with Crippen molar-refractivity contribution < 1.29 is 23.3 Å². The normalized spacial score (nSPS) is 14.1. The minimum Gasteiger partial charge on any atom is -0.409 e. The number of rotatable bonds is 8. The largest absolute Gasteiger partial charge is 0.409 e. The van der Waals surface area contributed by atoms with Gasteiger partial charge in [-0.15, -0.1) is 0 Å². The molecular weight excluding hydrogens is 432 g/mol. The maximum Gasteiger partial charge on any atom is 0.203 e. The molecule has 0 saturated carbocycles. The molecule has 0 bridgehead atoms. The summed E-state index contributed by atoms with van der Waals surface area (Å²) < 4.78 is 35.5. The van der Waals surface area contributed by atoms with E-state index in [0.717, 1.165) is 0 Å². The van der Waals surface area contributed by atoms with Crippen LogP contribution < -0.4 is 10.6 Å². The van der Waals surface area contributed by atoms with Gasteiger partial charge in [-0.25, -0.2) is 9.02 Å². The molecule has 0 spiro atoms. The number of nitrogens with zero attached hydrogens (tertiary/aromatic N) is 3. The first-order valence-electron chi connectivity index (χ1n) is 7.58. The highest BCUT2D eigenvalue weighted by Crippen LogP contribution is 2.41. The summed E-state index contributed by atoms with van der Waals surface area (Å²) in [6, 6.07) is 4.17. The Morgan fingerprint density at radius 3 is 2.92 bits per heavy atom. The molecule has 2 rings (SSSR count). The van der Waals surface area contributed by atoms with Gasteiger partial charge in [-0.3, -0.25) is 4.57 Å². The van der Waals surface area contributed by atoms with Gasteiger partial charge in [0, 0.05) is 25.1 Å². The Morgan fingerprint density at radius 1 is 1.50 bits per heavy atom. The molecule has 1 atom stereocenters. The van der Waals surface area contributed by atoms with Crippen LogP contribution >= 0.6 is 23.3 Å². The second-order valence-electron chi connectivity index (χ2n) is 5.25. The zero-order valence-corrected chi connectivity index (χ0v) is 16.6. The molecular formula is C14H18BrFN5O4P. The van der Waals surface area contributed by atoms with Crippen molar-refractivity contribution in [3.63, 3.8) is 0 Å². The average Bonchev–Trinajstić information content (AvgIpc) is 3.04. The number of hydrogen-bond donors (Lipinski definition) is 3. The maximum atomic E-state index is 13.3. The highest BCUT2D eigenvalue weighted by atomic mass is 79.9. The third-order valence-electron chi connectivity index (χ3n) is 3.21. The van der Waals surface area contributed by atoms with E-state index in [2.05, 4.69) is 46.7 Å². The van der Waals surface area contributed by atoms with E-state index in [4.69, 9.17) is 4.52 Å². The SMILES string of the molecule is CCOP(C)(=O)CCNc1nonc1/C(=N/O)Nc1ccc(F)c(Br)c1. The van der Waals surface area contributed by atoms with Gasteiger partial charge in [-0.1, -0.05) is 5.16 Å². The van der Waals surface area contributed by atoms with Crippen LogP contribution in [0, 0.1) is 5.82 Å². The van der Waals surface area contributed by atoms with Gasteiger partial charge in [0.2, 0.25) is 19.0 Å². The minimum atomic E-state index is -2.70. The molecule has 1 aromatic carbocycles. The Labute approximate surface area is 157 Å². The molecule has 1 unspecified atom stereocenters. The fourth-order valence-electron chi connectivity index (χ4n) is 2.02. The lowest BCUT2D eigenvalue weighted by atomic mass is 10.3. The zero-order valence-electron chi connectivity index (χ0n) is 14.1. The van der Waals surface area contributed by atoms with E-state index in [0.29, 0.717) is 12.3 Å². The van der Waals surface area contributed by atoms with Crippen molar-refractivity contribution in [2.24, 2.45) is 5.16 Å². The molecule has 1 heterocycles. The molecule has 26 heavy (non-hydrogen) atoms. The van der Waals surface area contributed by atoms with Crippen LogP contribution in [-0.4, -0.2) is 47.3 Å². The molecule has 9 nitrogen and oxygen atoms in total. The van der Waals surface area contributed by atoms with Crippen molar-refractivity contribution in [3.05, 3.63) is 34.2 Å². The van der Waals surface area contributed by atoms with Crippen LogP contribution in [-0.2, 0) is 9.09 Å². The van der Waals surface area contributed by atoms with Gasteiger partial charge in [0.25, 0.3) is 0 Å². The molecule has 0 aliphatic carbocycles. The molecule has 1 aromatic heterocycles. The van der Waals surface area contributed by atoms with Gasteiger partial charge in [0.15, 0.2) is 5.69 Å². The summed E-state index contributed by atoms with van der Waals surface area (Å²) in [4.78, 5) is 0. The second kappa shape index (κ2) is 9.11. The number of nitrogens with one attached hydrogen (secondary N) is 2. The van der Waals surface area contributed by atoms with Crippen LogP contribution in [0.4, 0.5) is 15.9 Å². The number of oxime groups is 1. The van der Waals surface area contributed by atoms with Gasteiger partial charge < -0.3 is 20.4 Å². The molecule has 0 radical (unpaired) electrons. The number of hydrogen-bond acceptors (Lipinski definition) is 8. The van der Waals surface area contributed by atoms with E-state index in [1.807, 2.05) is 0 Å². The van der Waals surface area contributed by atoms with Gasteiger partial charge in [0.05, 0.1) is 11.1 Å². The zero-order chi connectivity index (χ0) is 19.2. The van der Waals surface area contributed by atoms with Crippen molar-refractivity contribution in [2.75, 3.05) is 36.6 Å². The lowest BCUT2D eigenvalue weighted by Crippen LogP contribution is -2.18. The first-order chi connectivity index (χ1) is 12.4. The Bertz CT molecular complexity index is 831. The third-order valence-corrected chi connectivity index (χ3v) is 5.66. The standard InChI is InChI=1S/C14H18BrFN5O4P/c1-3-24-26(2,23)7-6-17-13-12(20-25-21-13)14(19-22)18-9-4-5-11(16)10(15)8-9/h4-5,8,22H,3,6-7H2,1-2H3,(H,17,21)(H,18,19). The summed E-state index contributed by atoms with van der Waals surface area (Å²) in [6.45, 7) is 3.97. The first kappa shape index (κ1) is 20.3.